The van der Waals surface area contributed by atoms with Crippen LogP contribution in [0.5, 0.6) is 5.75 Å². The number of nitrogens with zero attached hydrogens (tertiary/aromatic N) is 3. The SMILES string of the molecule is CNS(=O)(=O)c1ccccc1N1CCN(c2c(C)cnc3c(OC)cccc23)CC1. The Kier molecular flexibility index (Phi) is 5.53. The van der Waals surface area contributed by atoms with Crippen LogP contribution in [0, 0.1) is 6.92 Å². The molecule has 4 rings (SSSR count). The molecule has 1 saturated heterocycles. The first-order valence-electron chi connectivity index (χ1n) is 9.91. The standard InChI is InChI=1S/C22H26N4O3S/c1-16-15-24-21-17(7-6-9-19(21)29-3)22(16)26-13-11-25(12-14-26)18-8-4-5-10-20(18)30(27,28)23-2/h4-10,15,23H,11-14H2,1-3H3. The number of nitrogens with one attached hydrogen (secondary N) is 1. The number of hydrogen-bond donors (Lipinski definition) is 1. The van der Waals surface area contributed by atoms with Crippen molar-refractivity contribution < 1.29 is 13.2 Å². The van der Waals surface area contributed by atoms with E-state index in [1.165, 1.54) is 7.05 Å². The Balaban J connectivity index is 1.64. The van der Waals surface area contributed by atoms with E-state index in [-0.39, 0.29) is 0 Å². The molecule has 3 aromatic rings. The minimum absolute atomic E-state index is 0.316. The second-order valence-corrected chi connectivity index (χ2v) is 9.15. The molecule has 1 fully saturated rings. The normalized spacial score (nSPS) is 14.9. The van der Waals surface area contributed by atoms with Crippen molar-refractivity contribution in [3.05, 3.63) is 54.2 Å². The monoisotopic (exact) mass is 426 g/mol. The molecule has 158 valence electrons. The van der Waals surface area contributed by atoms with Crippen LogP contribution in [-0.2, 0) is 10.0 Å². The Morgan fingerprint density at radius 1 is 1.00 bits per heavy atom. The number of ether oxygens (including phenoxy) is 1. The lowest BCUT2D eigenvalue weighted by molar-refractivity contribution is 0.419. The average Bonchev–Trinajstić information content (AvgIpc) is 2.78. The van der Waals surface area contributed by atoms with Crippen molar-refractivity contribution in [3.8, 4) is 5.75 Å². The van der Waals surface area contributed by atoms with E-state index in [9.17, 15) is 8.42 Å². The summed E-state index contributed by atoms with van der Waals surface area (Å²) in [4.78, 5) is 9.39. The molecular weight excluding hydrogens is 400 g/mol. The highest BCUT2D eigenvalue weighted by Gasteiger charge is 2.25. The molecule has 0 saturated carbocycles. The van der Waals surface area contributed by atoms with Gasteiger partial charge in [-0.05, 0) is 37.7 Å². The fraction of sp³-hybridized carbons (Fsp3) is 0.318. The third-order valence-corrected chi connectivity index (χ3v) is 7.06. The van der Waals surface area contributed by atoms with Crippen LogP contribution in [0.3, 0.4) is 0 Å². The van der Waals surface area contributed by atoms with Crippen molar-refractivity contribution in [3.63, 3.8) is 0 Å². The van der Waals surface area contributed by atoms with Crippen molar-refractivity contribution in [2.45, 2.75) is 11.8 Å². The zero-order chi connectivity index (χ0) is 21.3. The summed E-state index contributed by atoms with van der Waals surface area (Å²) < 4.78 is 32.8. The van der Waals surface area contributed by atoms with Crippen LogP contribution < -0.4 is 19.3 Å². The Labute approximate surface area is 177 Å². The summed E-state index contributed by atoms with van der Waals surface area (Å²) in [5, 5.41) is 1.07. The number of aromatic nitrogens is 1. The lowest BCUT2D eigenvalue weighted by Crippen LogP contribution is -2.47. The summed E-state index contributed by atoms with van der Waals surface area (Å²) in [6.45, 7) is 5.09. The van der Waals surface area contributed by atoms with Crippen LogP contribution in [0.15, 0.2) is 53.6 Å². The van der Waals surface area contributed by atoms with Crippen molar-refractivity contribution in [1.29, 1.82) is 0 Å². The van der Waals surface area contributed by atoms with Gasteiger partial charge in [0.15, 0.2) is 0 Å². The zero-order valence-electron chi connectivity index (χ0n) is 17.4. The number of benzene rings is 2. The predicted octanol–water partition coefficient (Wildman–Crippen LogP) is 2.79. The third-order valence-electron chi connectivity index (χ3n) is 5.59. The van der Waals surface area contributed by atoms with E-state index in [4.69, 9.17) is 4.74 Å². The largest absolute Gasteiger partial charge is 0.494 e. The summed E-state index contributed by atoms with van der Waals surface area (Å²) in [6.07, 6.45) is 1.89. The van der Waals surface area contributed by atoms with E-state index in [0.29, 0.717) is 4.90 Å². The molecule has 0 radical (unpaired) electrons. The molecule has 0 amide bonds. The number of sulfonamides is 1. The van der Waals surface area contributed by atoms with Gasteiger partial charge >= 0.3 is 0 Å². The van der Waals surface area contributed by atoms with Gasteiger partial charge in [-0.1, -0.05) is 24.3 Å². The van der Waals surface area contributed by atoms with Crippen molar-refractivity contribution >= 4 is 32.3 Å². The number of rotatable bonds is 5. The molecule has 30 heavy (non-hydrogen) atoms. The van der Waals surface area contributed by atoms with Gasteiger partial charge < -0.3 is 14.5 Å². The maximum Gasteiger partial charge on any atom is 0.242 e. The molecule has 7 nitrogen and oxygen atoms in total. The number of aryl methyl sites for hydroxylation is 1. The van der Waals surface area contributed by atoms with Crippen LogP contribution in [0.25, 0.3) is 10.9 Å². The van der Waals surface area contributed by atoms with Crippen LogP contribution in [0.4, 0.5) is 11.4 Å². The number of piperazine rings is 1. The van der Waals surface area contributed by atoms with Gasteiger partial charge in [0.25, 0.3) is 0 Å². The number of anilines is 2. The maximum atomic E-state index is 12.4. The molecule has 0 spiro atoms. The van der Waals surface area contributed by atoms with Gasteiger partial charge in [-0.3, -0.25) is 4.98 Å². The van der Waals surface area contributed by atoms with Crippen LogP contribution in [-0.4, -0.2) is 53.7 Å². The summed E-state index contributed by atoms with van der Waals surface area (Å²) in [6, 6.07) is 13.1. The highest BCUT2D eigenvalue weighted by Crippen LogP contribution is 2.35. The second kappa shape index (κ2) is 8.12. The quantitative estimate of drug-likeness (QED) is 0.676. The fourth-order valence-electron chi connectivity index (χ4n) is 4.09. The van der Waals surface area contributed by atoms with E-state index in [0.717, 1.165) is 59.8 Å². The van der Waals surface area contributed by atoms with E-state index < -0.39 is 10.0 Å². The van der Waals surface area contributed by atoms with Crippen molar-refractivity contribution in [1.82, 2.24) is 9.71 Å². The van der Waals surface area contributed by atoms with Gasteiger partial charge in [0.05, 0.1) is 18.5 Å². The van der Waals surface area contributed by atoms with Gasteiger partial charge in [-0.25, -0.2) is 13.1 Å². The molecule has 0 bridgehead atoms. The lowest BCUT2D eigenvalue weighted by atomic mass is 10.1. The first-order chi connectivity index (χ1) is 14.5. The molecule has 1 aliphatic heterocycles. The molecule has 2 aromatic carbocycles. The molecule has 0 unspecified atom stereocenters. The Bertz CT molecular complexity index is 1170. The number of para-hydroxylation sites is 2. The highest BCUT2D eigenvalue weighted by molar-refractivity contribution is 7.89. The minimum atomic E-state index is -3.51. The van der Waals surface area contributed by atoms with Gasteiger partial charge in [0.1, 0.15) is 16.2 Å². The summed E-state index contributed by atoms with van der Waals surface area (Å²) in [5.41, 5.74) is 3.87. The van der Waals surface area contributed by atoms with E-state index in [1.54, 1.807) is 19.2 Å². The number of methoxy groups -OCH3 is 1. The lowest BCUT2D eigenvalue weighted by Gasteiger charge is -2.39. The van der Waals surface area contributed by atoms with E-state index >= 15 is 0 Å². The first-order valence-corrected chi connectivity index (χ1v) is 11.4. The zero-order valence-corrected chi connectivity index (χ0v) is 18.2. The Morgan fingerprint density at radius 3 is 2.40 bits per heavy atom. The van der Waals surface area contributed by atoms with Crippen LogP contribution in [0.2, 0.25) is 0 Å². The summed E-state index contributed by atoms with van der Waals surface area (Å²) >= 11 is 0. The number of fused-ring (bicyclic) bond motifs is 1. The molecule has 2 heterocycles. The fourth-order valence-corrected chi connectivity index (χ4v) is 5.04. The van der Waals surface area contributed by atoms with Gasteiger partial charge in [-0.15, -0.1) is 0 Å². The summed E-state index contributed by atoms with van der Waals surface area (Å²) in [5.74, 6) is 0.763. The Hall–Kier alpha value is -2.84. The minimum Gasteiger partial charge on any atom is -0.494 e. The first kappa shape index (κ1) is 20.4. The highest BCUT2D eigenvalue weighted by atomic mass is 32.2. The topological polar surface area (TPSA) is 74.8 Å². The predicted molar refractivity (Wildman–Crippen MR) is 120 cm³/mol. The number of hydrogen-bond acceptors (Lipinski definition) is 6. The van der Waals surface area contributed by atoms with Crippen molar-refractivity contribution in [2.75, 3.05) is 50.1 Å². The number of pyridine rings is 1. The van der Waals surface area contributed by atoms with Gasteiger partial charge in [0.2, 0.25) is 10.0 Å². The smallest absolute Gasteiger partial charge is 0.242 e. The third kappa shape index (κ3) is 3.57. The molecule has 1 N–H and O–H groups in total. The van der Waals surface area contributed by atoms with E-state index in [2.05, 4.69) is 32.5 Å². The van der Waals surface area contributed by atoms with Crippen LogP contribution >= 0.6 is 0 Å². The second-order valence-electron chi connectivity index (χ2n) is 7.30. The molecule has 0 atom stereocenters. The average molecular weight is 427 g/mol. The molecule has 8 heteroatoms. The summed E-state index contributed by atoms with van der Waals surface area (Å²) in [7, 11) is -0.416. The molecular formula is C22H26N4O3S. The van der Waals surface area contributed by atoms with Gasteiger partial charge in [-0.2, -0.15) is 0 Å². The maximum absolute atomic E-state index is 12.4. The molecule has 0 aliphatic carbocycles. The molecule has 1 aliphatic rings. The molecule has 1 aromatic heterocycles. The van der Waals surface area contributed by atoms with E-state index in [1.807, 2.05) is 30.5 Å². The van der Waals surface area contributed by atoms with Crippen LogP contribution in [0.1, 0.15) is 5.56 Å². The van der Waals surface area contributed by atoms with Crippen molar-refractivity contribution in [2.24, 2.45) is 0 Å². The Morgan fingerprint density at radius 2 is 1.70 bits per heavy atom. The van der Waals surface area contributed by atoms with Gasteiger partial charge in [0, 0.05) is 37.8 Å².